The fraction of sp³-hybridized carbons (Fsp3) is 0.917. The van der Waals surface area contributed by atoms with E-state index in [1.807, 2.05) is 11.9 Å². The van der Waals surface area contributed by atoms with E-state index in [9.17, 15) is 4.79 Å². The molecule has 4 nitrogen and oxygen atoms in total. The number of likely N-dealkylation sites (tertiary alicyclic amines) is 1. The zero-order valence-electron chi connectivity index (χ0n) is 10.4. The molecule has 2 saturated heterocycles. The number of carbonyl (C=O) groups excluding carboxylic acids is 1. The van der Waals surface area contributed by atoms with Gasteiger partial charge in [-0.2, -0.15) is 0 Å². The van der Waals surface area contributed by atoms with E-state index < -0.39 is 0 Å². The van der Waals surface area contributed by atoms with Crippen LogP contribution in [-0.2, 0) is 4.79 Å². The molecule has 1 N–H and O–H groups in total. The maximum atomic E-state index is 12.1. The Morgan fingerprint density at radius 1 is 1.44 bits per heavy atom. The van der Waals surface area contributed by atoms with Crippen LogP contribution in [-0.4, -0.2) is 61.5 Å². The molecule has 16 heavy (non-hydrogen) atoms. The maximum Gasteiger partial charge on any atom is 0.239 e. The van der Waals surface area contributed by atoms with Crippen molar-refractivity contribution in [1.82, 2.24) is 15.1 Å². The van der Waals surface area contributed by atoms with Gasteiger partial charge in [0.1, 0.15) is 0 Å². The minimum atomic E-state index is 0.0803. The average Bonchev–Trinajstić information content (AvgIpc) is 2.89. The van der Waals surface area contributed by atoms with E-state index in [1.165, 1.54) is 19.4 Å². The molecule has 0 radical (unpaired) electrons. The minimum absolute atomic E-state index is 0.0803. The van der Waals surface area contributed by atoms with E-state index in [-0.39, 0.29) is 11.9 Å². The first-order valence-corrected chi connectivity index (χ1v) is 6.37. The normalized spacial score (nSPS) is 30.9. The van der Waals surface area contributed by atoms with Gasteiger partial charge in [-0.05, 0) is 45.8 Å². The van der Waals surface area contributed by atoms with E-state index in [1.54, 1.807) is 0 Å². The standard InChI is InChI=1S/C12H23N3O/c1-14-8-4-5-10(14)9-15(2)12(16)11-6-3-7-13-11/h10-11,13H,3-9H2,1-2H3. The summed E-state index contributed by atoms with van der Waals surface area (Å²) in [6.45, 7) is 3.05. The topological polar surface area (TPSA) is 35.6 Å². The van der Waals surface area contributed by atoms with Crippen LogP contribution in [0.2, 0.25) is 0 Å². The van der Waals surface area contributed by atoms with E-state index in [4.69, 9.17) is 0 Å². The van der Waals surface area contributed by atoms with Gasteiger partial charge in [-0.25, -0.2) is 0 Å². The van der Waals surface area contributed by atoms with Crippen LogP contribution in [0.3, 0.4) is 0 Å². The predicted octanol–water partition coefficient (Wildman–Crippen LogP) is 0.291. The van der Waals surface area contributed by atoms with Gasteiger partial charge in [0, 0.05) is 19.6 Å². The largest absolute Gasteiger partial charge is 0.343 e. The average molecular weight is 225 g/mol. The molecule has 2 heterocycles. The molecule has 0 saturated carbocycles. The summed E-state index contributed by atoms with van der Waals surface area (Å²) in [7, 11) is 4.10. The van der Waals surface area contributed by atoms with Crippen molar-refractivity contribution < 1.29 is 4.79 Å². The maximum absolute atomic E-state index is 12.1. The van der Waals surface area contributed by atoms with E-state index in [0.29, 0.717) is 6.04 Å². The lowest BCUT2D eigenvalue weighted by Gasteiger charge is -2.27. The summed E-state index contributed by atoms with van der Waals surface area (Å²) in [6, 6.07) is 0.645. The van der Waals surface area contributed by atoms with Gasteiger partial charge in [0.15, 0.2) is 0 Å². The van der Waals surface area contributed by atoms with Crippen molar-refractivity contribution in [3.8, 4) is 0 Å². The van der Waals surface area contributed by atoms with E-state index in [0.717, 1.165) is 25.9 Å². The monoisotopic (exact) mass is 225 g/mol. The Balaban J connectivity index is 1.82. The summed E-state index contributed by atoms with van der Waals surface area (Å²) in [4.78, 5) is 16.4. The second-order valence-electron chi connectivity index (χ2n) is 5.14. The third-order valence-corrected chi connectivity index (χ3v) is 3.89. The van der Waals surface area contributed by atoms with Crippen LogP contribution in [0.1, 0.15) is 25.7 Å². The summed E-state index contributed by atoms with van der Waals surface area (Å²) >= 11 is 0. The first-order chi connectivity index (χ1) is 7.68. The molecule has 0 spiro atoms. The highest BCUT2D eigenvalue weighted by Gasteiger charge is 2.28. The van der Waals surface area contributed by atoms with Gasteiger partial charge in [-0.1, -0.05) is 0 Å². The Hall–Kier alpha value is -0.610. The highest BCUT2D eigenvalue weighted by atomic mass is 16.2. The van der Waals surface area contributed by atoms with Crippen LogP contribution in [0.15, 0.2) is 0 Å². The first-order valence-electron chi connectivity index (χ1n) is 6.37. The molecule has 2 unspecified atom stereocenters. The summed E-state index contributed by atoms with van der Waals surface area (Å²) in [5.74, 6) is 0.276. The lowest BCUT2D eigenvalue weighted by Crippen LogP contribution is -2.46. The lowest BCUT2D eigenvalue weighted by atomic mass is 10.1. The zero-order chi connectivity index (χ0) is 11.5. The van der Waals surface area contributed by atoms with Crippen molar-refractivity contribution in [2.24, 2.45) is 0 Å². The van der Waals surface area contributed by atoms with Crippen molar-refractivity contribution in [2.45, 2.75) is 37.8 Å². The molecule has 0 aliphatic carbocycles. The van der Waals surface area contributed by atoms with Gasteiger partial charge >= 0.3 is 0 Å². The zero-order valence-corrected chi connectivity index (χ0v) is 10.4. The molecular formula is C12H23N3O. The van der Waals surface area contributed by atoms with Gasteiger partial charge in [0.05, 0.1) is 6.04 Å². The van der Waals surface area contributed by atoms with Gasteiger partial charge in [0.2, 0.25) is 5.91 Å². The van der Waals surface area contributed by atoms with Crippen LogP contribution in [0.4, 0.5) is 0 Å². The molecule has 2 rings (SSSR count). The molecule has 0 bridgehead atoms. The summed E-state index contributed by atoms with van der Waals surface area (Å²) in [5.41, 5.74) is 0. The van der Waals surface area contributed by atoms with Crippen molar-refractivity contribution in [3.63, 3.8) is 0 Å². The van der Waals surface area contributed by atoms with Crippen LogP contribution in [0.5, 0.6) is 0 Å². The van der Waals surface area contributed by atoms with Crippen molar-refractivity contribution >= 4 is 5.91 Å². The number of nitrogens with one attached hydrogen (secondary N) is 1. The van der Waals surface area contributed by atoms with Crippen LogP contribution >= 0.6 is 0 Å². The highest BCUT2D eigenvalue weighted by Crippen LogP contribution is 2.16. The first kappa shape index (κ1) is 11.9. The minimum Gasteiger partial charge on any atom is -0.343 e. The third kappa shape index (κ3) is 2.55. The molecule has 1 amide bonds. The van der Waals surface area contributed by atoms with Crippen LogP contribution in [0, 0.1) is 0 Å². The third-order valence-electron chi connectivity index (χ3n) is 3.89. The Bertz CT molecular complexity index is 251. The second kappa shape index (κ2) is 5.15. The highest BCUT2D eigenvalue weighted by molar-refractivity contribution is 5.81. The van der Waals surface area contributed by atoms with Crippen LogP contribution < -0.4 is 5.32 Å². The Morgan fingerprint density at radius 2 is 2.25 bits per heavy atom. The smallest absolute Gasteiger partial charge is 0.239 e. The number of amides is 1. The lowest BCUT2D eigenvalue weighted by molar-refractivity contribution is -0.132. The number of nitrogens with zero attached hydrogens (tertiary/aromatic N) is 2. The second-order valence-corrected chi connectivity index (χ2v) is 5.14. The molecule has 2 aliphatic heterocycles. The number of hydrogen-bond acceptors (Lipinski definition) is 3. The molecule has 0 aromatic carbocycles. The van der Waals surface area contributed by atoms with Gasteiger partial charge in [0.25, 0.3) is 0 Å². The fourth-order valence-electron chi connectivity index (χ4n) is 2.78. The van der Waals surface area contributed by atoms with Crippen molar-refractivity contribution in [3.05, 3.63) is 0 Å². The molecule has 4 heteroatoms. The fourth-order valence-corrected chi connectivity index (χ4v) is 2.78. The molecule has 2 aliphatic rings. The summed E-state index contributed by atoms with van der Waals surface area (Å²) < 4.78 is 0. The van der Waals surface area contributed by atoms with Gasteiger partial charge < -0.3 is 15.1 Å². The molecule has 2 atom stereocenters. The summed E-state index contributed by atoms with van der Waals surface area (Å²) in [5, 5.41) is 3.27. The Labute approximate surface area is 98.0 Å². The molecule has 2 fully saturated rings. The number of likely N-dealkylation sites (N-methyl/N-ethyl adjacent to an activating group) is 2. The number of rotatable bonds is 3. The van der Waals surface area contributed by atoms with Crippen LogP contribution in [0.25, 0.3) is 0 Å². The quantitative estimate of drug-likeness (QED) is 0.750. The number of carbonyl (C=O) groups is 1. The van der Waals surface area contributed by atoms with Crippen molar-refractivity contribution in [1.29, 1.82) is 0 Å². The Kier molecular flexibility index (Phi) is 3.82. The predicted molar refractivity (Wildman–Crippen MR) is 64.3 cm³/mol. The molecule has 0 aromatic heterocycles. The molecule has 92 valence electrons. The van der Waals surface area contributed by atoms with Gasteiger partial charge in [-0.3, -0.25) is 4.79 Å². The summed E-state index contributed by atoms with van der Waals surface area (Å²) in [6.07, 6.45) is 4.63. The molecular weight excluding hydrogens is 202 g/mol. The Morgan fingerprint density at radius 3 is 2.81 bits per heavy atom. The number of hydrogen-bond donors (Lipinski definition) is 1. The van der Waals surface area contributed by atoms with E-state index in [2.05, 4.69) is 17.3 Å². The molecule has 0 aromatic rings. The van der Waals surface area contributed by atoms with Gasteiger partial charge in [-0.15, -0.1) is 0 Å². The van der Waals surface area contributed by atoms with Crippen molar-refractivity contribution in [2.75, 3.05) is 33.7 Å². The van der Waals surface area contributed by atoms with E-state index >= 15 is 0 Å². The SMILES string of the molecule is CN(CC1CCCN1C)C(=O)C1CCCN1.